The Kier molecular flexibility index (Phi) is 6.69. The first kappa shape index (κ1) is 16.3. The highest BCUT2D eigenvalue weighted by Gasteiger charge is 2.44. The number of ether oxygens (including phenoxy) is 1. The van der Waals surface area contributed by atoms with Crippen LogP contribution in [0, 0.1) is 5.41 Å². The maximum Gasteiger partial charge on any atom is 0.306 e. The minimum absolute atomic E-state index is 0.0971. The van der Waals surface area contributed by atoms with Crippen molar-refractivity contribution in [1.29, 1.82) is 0 Å². The number of nitrogens with one attached hydrogen (secondary N) is 1. The minimum atomic E-state index is -0.140. The van der Waals surface area contributed by atoms with Gasteiger partial charge in [-0.25, -0.2) is 0 Å². The van der Waals surface area contributed by atoms with E-state index in [-0.39, 0.29) is 23.3 Å². The Balaban J connectivity index is 2.16. The van der Waals surface area contributed by atoms with Gasteiger partial charge in [-0.1, -0.05) is 13.3 Å². The van der Waals surface area contributed by atoms with Crippen molar-refractivity contribution in [3.8, 4) is 0 Å². The van der Waals surface area contributed by atoms with Crippen LogP contribution < -0.4 is 5.32 Å². The van der Waals surface area contributed by atoms with Crippen molar-refractivity contribution in [3.63, 3.8) is 0 Å². The fourth-order valence-corrected chi connectivity index (χ4v) is 3.30. The lowest BCUT2D eigenvalue weighted by Gasteiger charge is -2.15. The number of rotatable bonds is 9. The summed E-state index contributed by atoms with van der Waals surface area (Å²) in [4.78, 5) is 23.0. The van der Waals surface area contributed by atoms with Crippen LogP contribution in [0.15, 0.2) is 0 Å². The van der Waals surface area contributed by atoms with Crippen LogP contribution in [0.2, 0.25) is 0 Å². The lowest BCUT2D eigenvalue weighted by Crippen LogP contribution is -2.33. The molecule has 0 bridgehead atoms. The SMILES string of the molecule is CCCC(C)NC(=O)CSCC1(CC(=O)OC)CC1. The third-order valence-electron chi connectivity index (χ3n) is 3.47. The topological polar surface area (TPSA) is 55.4 Å². The zero-order chi connectivity index (χ0) is 14.3. The molecule has 110 valence electrons. The number of esters is 1. The van der Waals surface area contributed by atoms with Gasteiger partial charge in [0.15, 0.2) is 0 Å². The van der Waals surface area contributed by atoms with Crippen molar-refractivity contribution >= 4 is 23.6 Å². The molecule has 1 amide bonds. The quantitative estimate of drug-likeness (QED) is 0.661. The Morgan fingerprint density at radius 3 is 2.63 bits per heavy atom. The molecule has 0 spiro atoms. The van der Waals surface area contributed by atoms with Crippen LogP contribution in [0.4, 0.5) is 0 Å². The average molecular weight is 287 g/mol. The van der Waals surface area contributed by atoms with Crippen molar-refractivity contribution < 1.29 is 14.3 Å². The van der Waals surface area contributed by atoms with Gasteiger partial charge in [-0.05, 0) is 37.4 Å². The monoisotopic (exact) mass is 287 g/mol. The molecule has 0 aromatic carbocycles. The molecule has 1 rings (SSSR count). The van der Waals surface area contributed by atoms with Gasteiger partial charge in [-0.15, -0.1) is 0 Å². The van der Waals surface area contributed by atoms with Crippen molar-refractivity contribution in [3.05, 3.63) is 0 Å². The molecule has 0 heterocycles. The maximum atomic E-state index is 11.7. The van der Waals surface area contributed by atoms with Crippen LogP contribution in [-0.2, 0) is 14.3 Å². The second-order valence-corrected chi connectivity index (χ2v) is 6.49. The van der Waals surface area contributed by atoms with E-state index in [0.29, 0.717) is 12.2 Å². The van der Waals surface area contributed by atoms with E-state index >= 15 is 0 Å². The van der Waals surface area contributed by atoms with Gasteiger partial charge in [0.05, 0.1) is 19.3 Å². The number of thioether (sulfide) groups is 1. The van der Waals surface area contributed by atoms with Crippen LogP contribution in [0.1, 0.15) is 46.0 Å². The summed E-state index contributed by atoms with van der Waals surface area (Å²) in [5.41, 5.74) is 0.104. The first-order valence-corrected chi connectivity index (χ1v) is 8.11. The van der Waals surface area contributed by atoms with Gasteiger partial charge >= 0.3 is 5.97 Å². The number of carbonyl (C=O) groups is 2. The van der Waals surface area contributed by atoms with Gasteiger partial charge in [0.1, 0.15) is 0 Å². The van der Waals surface area contributed by atoms with E-state index in [4.69, 9.17) is 4.74 Å². The summed E-state index contributed by atoms with van der Waals surface area (Å²) in [6.45, 7) is 4.15. The van der Waals surface area contributed by atoms with Gasteiger partial charge in [0, 0.05) is 6.04 Å². The standard InChI is InChI=1S/C14H25NO3S/c1-4-5-11(2)15-12(16)9-19-10-14(6-7-14)8-13(17)18-3/h11H,4-10H2,1-3H3,(H,15,16). The molecule has 1 aliphatic carbocycles. The molecule has 0 aromatic heterocycles. The van der Waals surface area contributed by atoms with Gasteiger partial charge in [-0.2, -0.15) is 11.8 Å². The molecule has 1 aliphatic rings. The smallest absolute Gasteiger partial charge is 0.306 e. The number of carbonyl (C=O) groups excluding carboxylic acids is 2. The molecule has 1 atom stereocenters. The molecule has 0 radical (unpaired) electrons. The molecule has 5 heteroatoms. The Morgan fingerprint density at radius 1 is 1.42 bits per heavy atom. The molecule has 0 aliphatic heterocycles. The summed E-state index contributed by atoms with van der Waals surface area (Å²) in [6.07, 6.45) is 4.73. The van der Waals surface area contributed by atoms with Gasteiger partial charge < -0.3 is 10.1 Å². The molecule has 4 nitrogen and oxygen atoms in total. The molecule has 1 saturated carbocycles. The van der Waals surface area contributed by atoms with Crippen molar-refractivity contribution in [1.82, 2.24) is 5.32 Å². The molecule has 1 unspecified atom stereocenters. The fraction of sp³-hybridized carbons (Fsp3) is 0.857. The molecular formula is C14H25NO3S. The molecule has 1 fully saturated rings. The van der Waals surface area contributed by atoms with Crippen molar-refractivity contribution in [2.24, 2.45) is 5.41 Å². The van der Waals surface area contributed by atoms with Gasteiger partial charge in [0.25, 0.3) is 0 Å². The Morgan fingerprint density at radius 2 is 2.11 bits per heavy atom. The predicted molar refractivity (Wildman–Crippen MR) is 78.1 cm³/mol. The van der Waals surface area contributed by atoms with E-state index in [0.717, 1.165) is 31.4 Å². The summed E-state index contributed by atoms with van der Waals surface area (Å²) in [7, 11) is 1.42. The summed E-state index contributed by atoms with van der Waals surface area (Å²) in [5.74, 6) is 1.31. The van der Waals surface area contributed by atoms with E-state index in [1.807, 2.05) is 6.92 Å². The molecule has 0 aromatic rings. The lowest BCUT2D eigenvalue weighted by atomic mass is 10.1. The minimum Gasteiger partial charge on any atom is -0.469 e. The first-order chi connectivity index (χ1) is 9.01. The fourth-order valence-electron chi connectivity index (χ4n) is 2.11. The summed E-state index contributed by atoms with van der Waals surface area (Å²) < 4.78 is 4.71. The summed E-state index contributed by atoms with van der Waals surface area (Å²) in [5, 5.41) is 2.99. The van der Waals surface area contributed by atoms with Crippen molar-refractivity contribution in [2.45, 2.75) is 52.0 Å². The van der Waals surface area contributed by atoms with E-state index in [9.17, 15) is 9.59 Å². The molecular weight excluding hydrogens is 262 g/mol. The highest BCUT2D eigenvalue weighted by molar-refractivity contribution is 7.99. The number of methoxy groups -OCH3 is 1. The normalized spacial score (nSPS) is 17.6. The maximum absolute atomic E-state index is 11.7. The van der Waals surface area contributed by atoms with Crippen molar-refractivity contribution in [2.75, 3.05) is 18.6 Å². The Labute approximate surface area is 120 Å². The van der Waals surface area contributed by atoms with Crippen LogP contribution in [-0.4, -0.2) is 36.5 Å². The second kappa shape index (κ2) is 7.78. The van der Waals surface area contributed by atoms with E-state index in [2.05, 4.69) is 12.2 Å². The third kappa shape index (κ3) is 6.32. The molecule has 19 heavy (non-hydrogen) atoms. The lowest BCUT2D eigenvalue weighted by molar-refractivity contribution is -0.141. The number of hydrogen-bond acceptors (Lipinski definition) is 4. The van der Waals surface area contributed by atoms with Crippen LogP contribution in [0.5, 0.6) is 0 Å². The zero-order valence-electron chi connectivity index (χ0n) is 12.2. The third-order valence-corrected chi connectivity index (χ3v) is 4.76. The summed E-state index contributed by atoms with van der Waals surface area (Å²) in [6, 6.07) is 0.253. The Bertz CT molecular complexity index is 316. The number of amides is 1. The molecule has 0 saturated heterocycles. The van der Waals surface area contributed by atoms with Gasteiger partial charge in [0.2, 0.25) is 5.91 Å². The van der Waals surface area contributed by atoms with Crippen LogP contribution in [0.25, 0.3) is 0 Å². The highest BCUT2D eigenvalue weighted by atomic mass is 32.2. The predicted octanol–water partition coefficient (Wildman–Crippen LogP) is 2.37. The summed E-state index contributed by atoms with van der Waals surface area (Å²) >= 11 is 1.62. The largest absolute Gasteiger partial charge is 0.469 e. The number of hydrogen-bond donors (Lipinski definition) is 1. The average Bonchev–Trinajstić information content (AvgIpc) is 3.09. The van der Waals surface area contributed by atoms with E-state index in [1.54, 1.807) is 11.8 Å². The molecule has 1 N–H and O–H groups in total. The van der Waals surface area contributed by atoms with E-state index in [1.165, 1.54) is 7.11 Å². The van der Waals surface area contributed by atoms with Crippen LogP contribution in [0.3, 0.4) is 0 Å². The Hall–Kier alpha value is -0.710. The van der Waals surface area contributed by atoms with Crippen LogP contribution >= 0.6 is 11.8 Å². The zero-order valence-corrected chi connectivity index (χ0v) is 13.0. The first-order valence-electron chi connectivity index (χ1n) is 6.95. The van der Waals surface area contributed by atoms with Gasteiger partial charge in [-0.3, -0.25) is 9.59 Å². The highest BCUT2D eigenvalue weighted by Crippen LogP contribution is 2.51. The second-order valence-electron chi connectivity index (χ2n) is 5.50. The van der Waals surface area contributed by atoms with E-state index < -0.39 is 0 Å².